The van der Waals surface area contributed by atoms with Gasteiger partial charge in [-0.25, -0.2) is 0 Å². The highest BCUT2D eigenvalue weighted by molar-refractivity contribution is 5.97. The third-order valence-electron chi connectivity index (χ3n) is 3.91. The Hall–Kier alpha value is -3.35. The van der Waals surface area contributed by atoms with Crippen molar-refractivity contribution in [1.82, 2.24) is 15.1 Å². The van der Waals surface area contributed by atoms with Gasteiger partial charge in [0.1, 0.15) is 11.0 Å². The third kappa shape index (κ3) is 2.91. The molecule has 0 saturated carbocycles. The van der Waals surface area contributed by atoms with Crippen LogP contribution < -0.4 is 10.7 Å². The Kier molecular flexibility index (Phi) is 3.81. The Morgan fingerprint density at radius 3 is 2.88 bits per heavy atom. The van der Waals surface area contributed by atoms with Gasteiger partial charge in [0.25, 0.3) is 5.91 Å². The predicted octanol–water partition coefficient (Wildman–Crippen LogP) is 2.56. The topological polar surface area (TPSA) is 90.3 Å². The predicted molar refractivity (Wildman–Crippen MR) is 91.4 cm³/mol. The van der Waals surface area contributed by atoms with E-state index < -0.39 is 0 Å². The fourth-order valence-corrected chi connectivity index (χ4v) is 2.67. The minimum Gasteiger partial charge on any atom is -0.425 e. The average molecular weight is 337 g/mol. The number of para-hydroxylation sites is 1. The normalized spacial score (nSPS) is 11.2. The van der Waals surface area contributed by atoms with Crippen LogP contribution in [0, 0.1) is 0 Å². The van der Waals surface area contributed by atoms with Gasteiger partial charge in [0.15, 0.2) is 5.76 Å². The molecule has 0 fully saturated rings. The SMILES string of the molecule is O=C(NCCCn1cccn1)c1cc2c(=O)c3ccccc3oc2o1. The number of hydrogen-bond acceptors (Lipinski definition) is 5. The zero-order valence-electron chi connectivity index (χ0n) is 13.3. The fourth-order valence-electron chi connectivity index (χ4n) is 2.67. The van der Waals surface area contributed by atoms with E-state index in [9.17, 15) is 9.59 Å². The lowest BCUT2D eigenvalue weighted by molar-refractivity contribution is 0.0925. The van der Waals surface area contributed by atoms with Crippen LogP contribution in [0.1, 0.15) is 17.0 Å². The molecule has 0 aliphatic heterocycles. The summed E-state index contributed by atoms with van der Waals surface area (Å²) < 4.78 is 12.8. The number of fused-ring (bicyclic) bond motifs is 2. The van der Waals surface area contributed by atoms with Crippen molar-refractivity contribution in [2.75, 3.05) is 6.54 Å². The Morgan fingerprint density at radius 1 is 1.16 bits per heavy atom. The lowest BCUT2D eigenvalue weighted by Gasteiger charge is -2.03. The van der Waals surface area contributed by atoms with Crippen molar-refractivity contribution in [3.8, 4) is 0 Å². The van der Waals surface area contributed by atoms with Gasteiger partial charge < -0.3 is 14.2 Å². The first-order valence-electron chi connectivity index (χ1n) is 7.93. The van der Waals surface area contributed by atoms with Crippen molar-refractivity contribution < 1.29 is 13.6 Å². The monoisotopic (exact) mass is 337 g/mol. The molecule has 7 heteroatoms. The van der Waals surface area contributed by atoms with Crippen LogP contribution in [-0.4, -0.2) is 22.2 Å². The van der Waals surface area contributed by atoms with Crippen LogP contribution in [0.2, 0.25) is 0 Å². The number of benzene rings is 1. The van der Waals surface area contributed by atoms with Crippen molar-refractivity contribution in [1.29, 1.82) is 0 Å². The molecule has 3 aromatic heterocycles. The summed E-state index contributed by atoms with van der Waals surface area (Å²) in [5, 5.41) is 7.58. The van der Waals surface area contributed by atoms with Crippen LogP contribution in [0.15, 0.2) is 62.4 Å². The summed E-state index contributed by atoms with van der Waals surface area (Å²) in [6, 6.07) is 10.2. The second-order valence-electron chi connectivity index (χ2n) is 5.62. The van der Waals surface area contributed by atoms with Gasteiger partial charge in [0, 0.05) is 31.5 Å². The Morgan fingerprint density at radius 2 is 2.04 bits per heavy atom. The van der Waals surface area contributed by atoms with E-state index in [1.807, 2.05) is 12.3 Å². The van der Waals surface area contributed by atoms with Crippen molar-refractivity contribution in [2.24, 2.45) is 0 Å². The molecular formula is C18H15N3O4. The molecule has 7 nitrogen and oxygen atoms in total. The Bertz CT molecular complexity index is 1090. The van der Waals surface area contributed by atoms with Crippen LogP contribution in [0.25, 0.3) is 22.1 Å². The quantitative estimate of drug-likeness (QED) is 0.565. The molecule has 4 rings (SSSR count). The number of carbonyl (C=O) groups excluding carboxylic acids is 1. The first kappa shape index (κ1) is 15.2. The number of rotatable bonds is 5. The van der Waals surface area contributed by atoms with Gasteiger partial charge in [-0.05, 0) is 24.6 Å². The van der Waals surface area contributed by atoms with Gasteiger partial charge in [-0.3, -0.25) is 14.3 Å². The molecule has 0 atom stereocenters. The molecule has 126 valence electrons. The van der Waals surface area contributed by atoms with Crippen molar-refractivity contribution in [3.05, 3.63) is 64.8 Å². The molecule has 0 aliphatic carbocycles. The summed E-state index contributed by atoms with van der Waals surface area (Å²) in [5.41, 5.74) is 0.221. The number of aromatic nitrogens is 2. The number of furan rings is 1. The minimum absolute atomic E-state index is 0.0604. The van der Waals surface area contributed by atoms with Crippen LogP contribution in [0.5, 0.6) is 0 Å². The highest BCUT2D eigenvalue weighted by Gasteiger charge is 2.17. The largest absolute Gasteiger partial charge is 0.425 e. The molecule has 1 N–H and O–H groups in total. The van der Waals surface area contributed by atoms with Gasteiger partial charge in [-0.2, -0.15) is 5.10 Å². The second-order valence-corrected chi connectivity index (χ2v) is 5.62. The maximum absolute atomic E-state index is 12.5. The lowest BCUT2D eigenvalue weighted by Crippen LogP contribution is -2.24. The summed E-state index contributed by atoms with van der Waals surface area (Å²) in [6.07, 6.45) is 4.30. The number of nitrogens with zero attached hydrogens (tertiary/aromatic N) is 2. The van der Waals surface area contributed by atoms with Crippen LogP contribution in [0.3, 0.4) is 0 Å². The second kappa shape index (κ2) is 6.27. The molecule has 3 heterocycles. The van der Waals surface area contributed by atoms with Crippen LogP contribution >= 0.6 is 0 Å². The van der Waals surface area contributed by atoms with Crippen LogP contribution in [-0.2, 0) is 6.54 Å². The van der Waals surface area contributed by atoms with E-state index in [1.54, 1.807) is 35.1 Å². The zero-order valence-corrected chi connectivity index (χ0v) is 13.3. The standard InChI is InChI=1S/C18H15N3O4/c22-16-12-5-1-2-6-14(12)24-18-13(16)11-15(25-18)17(23)19-7-3-9-21-10-4-8-20-21/h1-2,4-6,8,10-11H,3,7,9H2,(H,19,23). The van der Waals surface area contributed by atoms with E-state index in [4.69, 9.17) is 8.83 Å². The number of amides is 1. The van der Waals surface area contributed by atoms with E-state index in [0.717, 1.165) is 6.42 Å². The highest BCUT2D eigenvalue weighted by atomic mass is 16.5. The van der Waals surface area contributed by atoms with E-state index in [-0.39, 0.29) is 28.3 Å². The highest BCUT2D eigenvalue weighted by Crippen LogP contribution is 2.21. The molecular weight excluding hydrogens is 322 g/mol. The minimum atomic E-state index is -0.379. The van der Waals surface area contributed by atoms with E-state index in [0.29, 0.717) is 24.1 Å². The van der Waals surface area contributed by atoms with Crippen molar-refractivity contribution >= 4 is 28.0 Å². The fraction of sp³-hybridized carbons (Fsp3) is 0.167. The summed E-state index contributed by atoms with van der Waals surface area (Å²) in [5.74, 6) is -0.258. The third-order valence-corrected chi connectivity index (χ3v) is 3.91. The maximum Gasteiger partial charge on any atom is 0.302 e. The Balaban J connectivity index is 1.51. The van der Waals surface area contributed by atoms with Crippen LogP contribution in [0.4, 0.5) is 0 Å². The average Bonchev–Trinajstić information content (AvgIpc) is 3.28. The number of hydrogen-bond donors (Lipinski definition) is 1. The molecule has 1 amide bonds. The summed E-state index contributed by atoms with van der Waals surface area (Å²) in [4.78, 5) is 24.7. The van der Waals surface area contributed by atoms with Gasteiger partial charge in [0.05, 0.1) is 5.39 Å². The molecule has 0 unspecified atom stereocenters. The molecule has 25 heavy (non-hydrogen) atoms. The van der Waals surface area contributed by atoms with Crippen molar-refractivity contribution in [3.63, 3.8) is 0 Å². The molecule has 0 spiro atoms. The van der Waals surface area contributed by atoms with E-state index in [2.05, 4.69) is 10.4 Å². The maximum atomic E-state index is 12.5. The van der Waals surface area contributed by atoms with Gasteiger partial charge in [-0.15, -0.1) is 0 Å². The summed E-state index contributed by atoms with van der Waals surface area (Å²) in [6.45, 7) is 1.18. The summed E-state index contributed by atoms with van der Waals surface area (Å²) in [7, 11) is 0. The molecule has 0 radical (unpaired) electrons. The molecule has 4 aromatic rings. The van der Waals surface area contributed by atoms with Gasteiger partial charge >= 0.3 is 5.78 Å². The smallest absolute Gasteiger partial charge is 0.302 e. The van der Waals surface area contributed by atoms with E-state index >= 15 is 0 Å². The molecule has 1 aromatic carbocycles. The number of carbonyl (C=O) groups is 1. The molecule has 0 saturated heterocycles. The zero-order chi connectivity index (χ0) is 17.2. The van der Waals surface area contributed by atoms with Gasteiger partial charge in [-0.1, -0.05) is 12.1 Å². The van der Waals surface area contributed by atoms with Crippen molar-refractivity contribution in [2.45, 2.75) is 13.0 Å². The molecule has 0 aliphatic rings. The summed E-state index contributed by atoms with van der Waals surface area (Å²) >= 11 is 0. The Labute approximate surface area is 141 Å². The van der Waals surface area contributed by atoms with Gasteiger partial charge in [0.2, 0.25) is 5.43 Å². The molecule has 0 bridgehead atoms. The number of aryl methyl sites for hydroxylation is 1. The van der Waals surface area contributed by atoms with E-state index in [1.165, 1.54) is 6.07 Å². The lowest BCUT2D eigenvalue weighted by atomic mass is 10.2. The number of nitrogens with one attached hydrogen (secondary N) is 1. The first-order valence-corrected chi connectivity index (χ1v) is 7.93. The first-order chi connectivity index (χ1) is 12.2.